The lowest BCUT2D eigenvalue weighted by Crippen LogP contribution is -2.21. The summed E-state index contributed by atoms with van der Waals surface area (Å²) < 4.78 is 24.8. The number of hydrogen-bond acceptors (Lipinski definition) is 4. The highest BCUT2D eigenvalue weighted by Crippen LogP contribution is 2.31. The first kappa shape index (κ1) is 11.8. The molecular formula is C9H12F2N2O2. The number of halogens is 2. The highest BCUT2D eigenvalue weighted by Gasteiger charge is 2.25. The molecule has 0 radical (unpaired) electrons. The van der Waals surface area contributed by atoms with Gasteiger partial charge in [0.15, 0.2) is 0 Å². The maximum Gasteiger partial charge on any atom is 0.257 e. The van der Waals surface area contributed by atoms with Crippen molar-refractivity contribution in [3.63, 3.8) is 0 Å². The van der Waals surface area contributed by atoms with Crippen LogP contribution in [0.5, 0.6) is 5.75 Å². The number of hydrogen-bond donors (Lipinski definition) is 3. The third-order valence-electron chi connectivity index (χ3n) is 2.13. The van der Waals surface area contributed by atoms with Crippen molar-refractivity contribution in [1.29, 1.82) is 0 Å². The number of pyridine rings is 1. The molecule has 1 aromatic rings. The van der Waals surface area contributed by atoms with Crippen LogP contribution in [0, 0.1) is 6.92 Å². The Morgan fingerprint density at radius 2 is 2.13 bits per heavy atom. The summed E-state index contributed by atoms with van der Waals surface area (Å²) in [5, 5.41) is 18.5. The zero-order chi connectivity index (χ0) is 11.6. The van der Waals surface area contributed by atoms with E-state index in [1.165, 1.54) is 13.1 Å². The molecule has 4 N–H and O–H groups in total. The van der Waals surface area contributed by atoms with Crippen LogP contribution >= 0.6 is 0 Å². The van der Waals surface area contributed by atoms with Gasteiger partial charge in [-0.05, 0) is 6.92 Å². The van der Waals surface area contributed by atoms with Gasteiger partial charge >= 0.3 is 0 Å². The van der Waals surface area contributed by atoms with Crippen molar-refractivity contribution in [2.75, 3.05) is 0 Å². The van der Waals surface area contributed by atoms with Crippen LogP contribution in [0.1, 0.15) is 22.9 Å². The van der Waals surface area contributed by atoms with E-state index in [1.54, 1.807) is 0 Å². The number of aromatic nitrogens is 1. The van der Waals surface area contributed by atoms with Gasteiger partial charge in [-0.2, -0.15) is 0 Å². The summed E-state index contributed by atoms with van der Waals surface area (Å²) in [5.74, 6) is -0.380. The molecule has 0 aliphatic carbocycles. The maximum atomic E-state index is 12.4. The van der Waals surface area contributed by atoms with Gasteiger partial charge in [0.1, 0.15) is 5.75 Å². The average Bonchev–Trinajstić information content (AvgIpc) is 2.20. The first-order valence-electron chi connectivity index (χ1n) is 4.31. The van der Waals surface area contributed by atoms with Crippen molar-refractivity contribution in [3.05, 3.63) is 23.0 Å². The summed E-state index contributed by atoms with van der Waals surface area (Å²) in [6.07, 6.45) is -1.57. The molecule has 1 aromatic heterocycles. The second kappa shape index (κ2) is 4.50. The fraction of sp³-hybridized carbons (Fsp3) is 0.444. The smallest absolute Gasteiger partial charge is 0.257 e. The predicted octanol–water partition coefficient (Wildman–Crippen LogP) is 0.853. The fourth-order valence-corrected chi connectivity index (χ4v) is 1.28. The lowest BCUT2D eigenvalue weighted by molar-refractivity contribution is 0.114. The van der Waals surface area contributed by atoms with Crippen LogP contribution in [-0.2, 0) is 6.61 Å². The predicted molar refractivity (Wildman–Crippen MR) is 49.5 cm³/mol. The van der Waals surface area contributed by atoms with Gasteiger partial charge in [0.2, 0.25) is 0 Å². The van der Waals surface area contributed by atoms with Gasteiger partial charge in [-0.1, -0.05) is 0 Å². The van der Waals surface area contributed by atoms with Gasteiger partial charge in [0.25, 0.3) is 6.43 Å². The molecule has 1 rings (SSSR count). The number of alkyl halides is 2. The van der Waals surface area contributed by atoms with Gasteiger partial charge in [0.05, 0.1) is 18.3 Å². The zero-order valence-corrected chi connectivity index (χ0v) is 8.11. The summed E-state index contributed by atoms with van der Waals surface area (Å²) in [7, 11) is 0. The number of aliphatic hydroxyl groups excluding tert-OH is 1. The molecule has 0 saturated heterocycles. The lowest BCUT2D eigenvalue weighted by Gasteiger charge is -2.16. The third-order valence-corrected chi connectivity index (χ3v) is 2.13. The van der Waals surface area contributed by atoms with E-state index < -0.39 is 19.1 Å². The molecule has 0 aromatic carbocycles. The van der Waals surface area contributed by atoms with E-state index in [4.69, 9.17) is 10.8 Å². The van der Waals surface area contributed by atoms with Crippen LogP contribution in [0.4, 0.5) is 8.78 Å². The monoisotopic (exact) mass is 218 g/mol. The molecule has 0 bridgehead atoms. The van der Waals surface area contributed by atoms with E-state index >= 15 is 0 Å². The summed E-state index contributed by atoms with van der Waals surface area (Å²) >= 11 is 0. The molecule has 0 unspecified atom stereocenters. The molecule has 0 saturated carbocycles. The molecule has 15 heavy (non-hydrogen) atoms. The van der Waals surface area contributed by atoms with Gasteiger partial charge in [-0.3, -0.25) is 4.98 Å². The summed E-state index contributed by atoms with van der Waals surface area (Å²) in [6, 6.07) is -1.62. The Bertz CT molecular complexity index is 358. The van der Waals surface area contributed by atoms with E-state index in [0.717, 1.165) is 0 Å². The van der Waals surface area contributed by atoms with Crippen LogP contribution < -0.4 is 5.73 Å². The Morgan fingerprint density at radius 1 is 1.53 bits per heavy atom. The average molecular weight is 218 g/mol. The van der Waals surface area contributed by atoms with Gasteiger partial charge in [0, 0.05) is 17.3 Å². The summed E-state index contributed by atoms with van der Waals surface area (Å²) in [6.45, 7) is 0.981. The van der Waals surface area contributed by atoms with Gasteiger partial charge < -0.3 is 15.9 Å². The zero-order valence-electron chi connectivity index (χ0n) is 8.11. The van der Waals surface area contributed by atoms with E-state index in [2.05, 4.69) is 4.98 Å². The Labute approximate surface area is 85.4 Å². The Hall–Kier alpha value is -1.27. The van der Waals surface area contributed by atoms with Crippen molar-refractivity contribution in [1.82, 2.24) is 4.98 Å². The minimum Gasteiger partial charge on any atom is -0.506 e. The number of nitrogens with zero attached hydrogens (tertiary/aromatic N) is 1. The number of nitrogens with two attached hydrogens (primary N) is 1. The number of aromatic hydroxyl groups is 1. The standard InChI is InChI=1S/C9H12F2N2O2/c1-4-8(15)6(7(12)9(10)11)5(3-14)2-13-4/h2,7,9,14-15H,3,12H2,1H3/t7-/m1/s1. The molecule has 1 heterocycles. The second-order valence-electron chi connectivity index (χ2n) is 3.15. The first-order chi connectivity index (χ1) is 6.99. The molecule has 1 atom stereocenters. The second-order valence-corrected chi connectivity index (χ2v) is 3.15. The molecule has 0 amide bonds. The number of aliphatic hydroxyl groups is 1. The molecule has 84 valence electrons. The topological polar surface area (TPSA) is 79.4 Å². The number of aryl methyl sites for hydroxylation is 1. The van der Waals surface area contributed by atoms with E-state index in [9.17, 15) is 13.9 Å². The van der Waals surface area contributed by atoms with E-state index in [-0.39, 0.29) is 22.6 Å². The minimum atomic E-state index is -2.80. The molecule has 0 aliphatic heterocycles. The number of rotatable bonds is 3. The Balaban J connectivity index is 3.29. The van der Waals surface area contributed by atoms with Crippen LogP contribution in [0.2, 0.25) is 0 Å². The van der Waals surface area contributed by atoms with Crippen molar-refractivity contribution in [3.8, 4) is 5.75 Å². The van der Waals surface area contributed by atoms with Crippen LogP contribution in [0.25, 0.3) is 0 Å². The molecule has 6 heteroatoms. The van der Waals surface area contributed by atoms with E-state index in [1.807, 2.05) is 0 Å². The highest BCUT2D eigenvalue weighted by atomic mass is 19.3. The third kappa shape index (κ3) is 2.21. The van der Waals surface area contributed by atoms with E-state index in [0.29, 0.717) is 0 Å². The van der Waals surface area contributed by atoms with Gasteiger partial charge in [-0.15, -0.1) is 0 Å². The van der Waals surface area contributed by atoms with Crippen LogP contribution in [-0.4, -0.2) is 21.6 Å². The van der Waals surface area contributed by atoms with Crippen molar-refractivity contribution in [2.24, 2.45) is 5.73 Å². The van der Waals surface area contributed by atoms with Crippen LogP contribution in [0.3, 0.4) is 0 Å². The fourth-order valence-electron chi connectivity index (χ4n) is 1.28. The normalized spacial score (nSPS) is 13.2. The highest BCUT2D eigenvalue weighted by molar-refractivity contribution is 5.42. The Kier molecular flexibility index (Phi) is 3.54. The summed E-state index contributed by atoms with van der Waals surface area (Å²) in [5.41, 5.74) is 5.42. The molecule has 0 spiro atoms. The molecule has 4 nitrogen and oxygen atoms in total. The molecular weight excluding hydrogens is 206 g/mol. The van der Waals surface area contributed by atoms with Crippen LogP contribution in [0.15, 0.2) is 6.20 Å². The lowest BCUT2D eigenvalue weighted by atomic mass is 10.0. The largest absolute Gasteiger partial charge is 0.506 e. The van der Waals surface area contributed by atoms with Crippen molar-refractivity contribution >= 4 is 0 Å². The van der Waals surface area contributed by atoms with Crippen molar-refractivity contribution in [2.45, 2.75) is 26.0 Å². The quantitative estimate of drug-likeness (QED) is 0.702. The summed E-state index contributed by atoms with van der Waals surface area (Å²) in [4.78, 5) is 3.74. The SMILES string of the molecule is Cc1ncc(CO)c([C@@H](N)C(F)F)c1O. The van der Waals surface area contributed by atoms with Crippen molar-refractivity contribution < 1.29 is 19.0 Å². The maximum absolute atomic E-state index is 12.4. The molecule has 0 fully saturated rings. The Morgan fingerprint density at radius 3 is 2.60 bits per heavy atom. The molecule has 0 aliphatic rings. The first-order valence-corrected chi connectivity index (χ1v) is 4.31. The minimum absolute atomic E-state index is 0.117. The van der Waals surface area contributed by atoms with Gasteiger partial charge in [-0.25, -0.2) is 8.78 Å².